The van der Waals surface area contributed by atoms with Crippen molar-refractivity contribution in [3.05, 3.63) is 52.2 Å². The number of thioether (sulfide) groups is 1. The van der Waals surface area contributed by atoms with Gasteiger partial charge in [0, 0.05) is 15.5 Å². The molecule has 2 rings (SSSR count). The lowest BCUT2D eigenvalue weighted by Gasteiger charge is -2.08. The topological polar surface area (TPSA) is 20.2 Å². The molecule has 0 radical (unpaired) electrons. The van der Waals surface area contributed by atoms with Crippen molar-refractivity contribution in [2.45, 2.75) is 17.9 Å². The number of hydrogen-bond acceptors (Lipinski definition) is 3. The van der Waals surface area contributed by atoms with E-state index in [1.54, 1.807) is 23.1 Å². The van der Waals surface area contributed by atoms with Crippen LogP contribution in [0.5, 0.6) is 0 Å². The first-order valence-corrected chi connectivity index (χ1v) is 7.03. The molecular formula is C13H14OS2. The van der Waals surface area contributed by atoms with Gasteiger partial charge in [-0.3, -0.25) is 0 Å². The van der Waals surface area contributed by atoms with Crippen LogP contribution in [0.4, 0.5) is 0 Å². The number of aliphatic hydroxyl groups excluding tert-OH is 1. The van der Waals surface area contributed by atoms with Gasteiger partial charge in [-0.05, 0) is 36.1 Å². The average Bonchev–Trinajstić information content (AvgIpc) is 2.74. The van der Waals surface area contributed by atoms with E-state index in [1.165, 1.54) is 9.77 Å². The fourth-order valence-corrected chi connectivity index (χ4v) is 3.07. The van der Waals surface area contributed by atoms with Crippen molar-refractivity contribution in [3.63, 3.8) is 0 Å². The molecule has 0 aliphatic heterocycles. The zero-order valence-corrected chi connectivity index (χ0v) is 10.7. The lowest BCUT2D eigenvalue weighted by molar-refractivity contribution is 0.204. The summed E-state index contributed by atoms with van der Waals surface area (Å²) < 4.78 is 0. The Bertz CT molecular complexity index is 436. The van der Waals surface area contributed by atoms with Crippen LogP contribution < -0.4 is 0 Å². The van der Waals surface area contributed by atoms with E-state index < -0.39 is 0 Å². The van der Waals surface area contributed by atoms with E-state index in [0.29, 0.717) is 5.75 Å². The highest BCUT2D eigenvalue weighted by molar-refractivity contribution is 7.99. The van der Waals surface area contributed by atoms with E-state index in [9.17, 15) is 5.11 Å². The predicted molar refractivity (Wildman–Crippen MR) is 71.2 cm³/mol. The Kier molecular flexibility index (Phi) is 4.04. The Balaban J connectivity index is 1.91. The molecule has 16 heavy (non-hydrogen) atoms. The first-order valence-electron chi connectivity index (χ1n) is 5.16. The van der Waals surface area contributed by atoms with Crippen LogP contribution in [-0.4, -0.2) is 10.9 Å². The van der Waals surface area contributed by atoms with Gasteiger partial charge in [0.05, 0.1) is 6.10 Å². The molecule has 0 spiro atoms. The average molecular weight is 250 g/mol. The number of benzene rings is 1. The van der Waals surface area contributed by atoms with Crippen LogP contribution in [0.25, 0.3) is 0 Å². The summed E-state index contributed by atoms with van der Waals surface area (Å²) in [6.45, 7) is 2.06. The second-order valence-corrected chi connectivity index (χ2v) is 5.84. The maximum absolute atomic E-state index is 9.98. The number of aliphatic hydroxyl groups is 1. The maximum Gasteiger partial charge on any atom is 0.0892 e. The molecule has 1 aromatic carbocycles. The van der Waals surface area contributed by atoms with E-state index in [2.05, 4.69) is 25.1 Å². The third-order valence-corrected chi connectivity index (χ3v) is 4.25. The van der Waals surface area contributed by atoms with Gasteiger partial charge in [0.1, 0.15) is 0 Å². The quantitative estimate of drug-likeness (QED) is 0.831. The zero-order chi connectivity index (χ0) is 11.4. The molecule has 0 amide bonds. The number of hydrogen-bond donors (Lipinski definition) is 1. The van der Waals surface area contributed by atoms with Gasteiger partial charge in [0.25, 0.3) is 0 Å². The lowest BCUT2D eigenvalue weighted by Crippen LogP contribution is -1.98. The van der Waals surface area contributed by atoms with Gasteiger partial charge in [-0.2, -0.15) is 0 Å². The Labute approximate surface area is 104 Å². The molecule has 1 unspecified atom stereocenters. The van der Waals surface area contributed by atoms with Crippen LogP contribution in [-0.2, 0) is 0 Å². The molecule has 0 bridgehead atoms. The van der Waals surface area contributed by atoms with Gasteiger partial charge >= 0.3 is 0 Å². The number of thiophene rings is 1. The van der Waals surface area contributed by atoms with Crippen LogP contribution in [0.15, 0.2) is 46.7 Å². The molecule has 1 nitrogen and oxygen atoms in total. The van der Waals surface area contributed by atoms with Crippen LogP contribution in [0.3, 0.4) is 0 Å². The van der Waals surface area contributed by atoms with Gasteiger partial charge in [-0.25, -0.2) is 0 Å². The molecule has 1 N–H and O–H groups in total. The van der Waals surface area contributed by atoms with E-state index in [1.807, 2.05) is 23.6 Å². The van der Waals surface area contributed by atoms with E-state index in [4.69, 9.17) is 0 Å². The highest BCUT2D eigenvalue weighted by Crippen LogP contribution is 2.26. The molecule has 0 aliphatic rings. The molecular weight excluding hydrogens is 236 g/mol. The van der Waals surface area contributed by atoms with E-state index >= 15 is 0 Å². The SMILES string of the molecule is Cc1cc(C(O)CSc2ccccc2)cs1. The second-order valence-electron chi connectivity index (χ2n) is 3.63. The maximum atomic E-state index is 9.98. The summed E-state index contributed by atoms with van der Waals surface area (Å²) in [5, 5.41) is 12.0. The summed E-state index contributed by atoms with van der Waals surface area (Å²) in [7, 11) is 0. The van der Waals surface area contributed by atoms with Gasteiger partial charge in [0.15, 0.2) is 0 Å². The summed E-state index contributed by atoms with van der Waals surface area (Å²) in [4.78, 5) is 2.45. The summed E-state index contributed by atoms with van der Waals surface area (Å²) >= 11 is 3.37. The smallest absolute Gasteiger partial charge is 0.0892 e. The highest BCUT2D eigenvalue weighted by atomic mass is 32.2. The van der Waals surface area contributed by atoms with Gasteiger partial charge in [-0.15, -0.1) is 23.1 Å². The molecule has 84 valence electrons. The minimum Gasteiger partial charge on any atom is -0.388 e. The van der Waals surface area contributed by atoms with E-state index in [0.717, 1.165) is 5.56 Å². The Hall–Kier alpha value is -0.770. The number of aryl methyl sites for hydroxylation is 1. The van der Waals surface area contributed by atoms with Gasteiger partial charge in [0.2, 0.25) is 0 Å². The first-order chi connectivity index (χ1) is 7.75. The van der Waals surface area contributed by atoms with Crippen molar-refractivity contribution in [1.29, 1.82) is 0 Å². The fraction of sp³-hybridized carbons (Fsp3) is 0.231. The van der Waals surface area contributed by atoms with Crippen LogP contribution in [0.1, 0.15) is 16.5 Å². The third kappa shape index (κ3) is 3.11. The predicted octanol–water partition coefficient (Wildman–Crippen LogP) is 3.88. The normalized spacial score (nSPS) is 12.6. The van der Waals surface area contributed by atoms with E-state index in [-0.39, 0.29) is 6.10 Å². The monoisotopic (exact) mass is 250 g/mol. The highest BCUT2D eigenvalue weighted by Gasteiger charge is 2.09. The first kappa shape index (κ1) is 11.7. The Morgan fingerprint density at radius 2 is 2.06 bits per heavy atom. The minimum absolute atomic E-state index is 0.366. The molecule has 0 aliphatic carbocycles. The molecule has 0 saturated heterocycles. The van der Waals surface area contributed by atoms with Crippen molar-refractivity contribution < 1.29 is 5.11 Å². The Morgan fingerprint density at radius 1 is 1.31 bits per heavy atom. The molecule has 0 fully saturated rings. The fourth-order valence-electron chi connectivity index (χ4n) is 1.43. The number of rotatable bonds is 4. The van der Waals surface area contributed by atoms with Crippen molar-refractivity contribution in [2.75, 3.05) is 5.75 Å². The molecule has 1 aromatic heterocycles. The van der Waals surface area contributed by atoms with Crippen molar-refractivity contribution in [1.82, 2.24) is 0 Å². The summed E-state index contributed by atoms with van der Waals surface area (Å²) in [6.07, 6.45) is -0.366. The summed E-state index contributed by atoms with van der Waals surface area (Å²) in [6, 6.07) is 12.2. The van der Waals surface area contributed by atoms with Gasteiger partial charge in [-0.1, -0.05) is 18.2 Å². The zero-order valence-electron chi connectivity index (χ0n) is 9.09. The summed E-state index contributed by atoms with van der Waals surface area (Å²) in [5.41, 5.74) is 1.03. The standard InChI is InChI=1S/C13H14OS2/c1-10-7-11(8-15-10)13(14)9-16-12-5-3-2-4-6-12/h2-8,13-14H,9H2,1H3. The van der Waals surface area contributed by atoms with Gasteiger partial charge < -0.3 is 5.11 Å². The third-order valence-electron chi connectivity index (χ3n) is 2.29. The molecule has 0 saturated carbocycles. The van der Waals surface area contributed by atoms with Crippen molar-refractivity contribution in [3.8, 4) is 0 Å². The second kappa shape index (κ2) is 5.53. The molecule has 1 heterocycles. The molecule has 1 atom stereocenters. The largest absolute Gasteiger partial charge is 0.388 e. The minimum atomic E-state index is -0.366. The van der Waals surface area contributed by atoms with Crippen molar-refractivity contribution in [2.24, 2.45) is 0 Å². The molecule has 2 aromatic rings. The molecule has 3 heteroatoms. The van der Waals surface area contributed by atoms with Crippen molar-refractivity contribution >= 4 is 23.1 Å². The lowest BCUT2D eigenvalue weighted by atomic mass is 10.2. The van der Waals surface area contributed by atoms with Crippen LogP contribution in [0, 0.1) is 6.92 Å². The van der Waals surface area contributed by atoms with Crippen LogP contribution >= 0.6 is 23.1 Å². The Morgan fingerprint density at radius 3 is 2.69 bits per heavy atom. The van der Waals surface area contributed by atoms with Crippen LogP contribution in [0.2, 0.25) is 0 Å². The summed E-state index contributed by atoms with van der Waals surface area (Å²) in [5.74, 6) is 0.709.